The molecule has 0 bridgehead atoms. The number of carbonyl (C=O) groups is 1. The maximum absolute atomic E-state index is 10.6. The van der Waals surface area contributed by atoms with Crippen molar-refractivity contribution in [3.05, 3.63) is 0 Å². The first-order chi connectivity index (χ1) is 6.52. The molecule has 0 amide bonds. The Morgan fingerprint density at radius 3 is 2.36 bits per heavy atom. The molecule has 0 heterocycles. The van der Waals surface area contributed by atoms with Crippen LogP contribution in [0.2, 0.25) is 0 Å². The van der Waals surface area contributed by atoms with Gasteiger partial charge in [-0.15, -0.1) is 0 Å². The van der Waals surface area contributed by atoms with Gasteiger partial charge in [-0.25, -0.2) is 4.79 Å². The molecule has 3 atom stereocenters. The van der Waals surface area contributed by atoms with Gasteiger partial charge in [0, 0.05) is 0 Å². The van der Waals surface area contributed by atoms with Crippen LogP contribution < -0.4 is 0 Å². The van der Waals surface area contributed by atoms with Crippen LogP contribution in [0, 0.1) is 17.8 Å². The summed E-state index contributed by atoms with van der Waals surface area (Å²) < 4.78 is 0. The van der Waals surface area contributed by atoms with Crippen molar-refractivity contribution in [3.8, 4) is 0 Å². The van der Waals surface area contributed by atoms with E-state index in [1.54, 1.807) is 0 Å². The normalized spacial score (nSPS) is 30.3. The first kappa shape index (κ1) is 11.5. The smallest absolute Gasteiger partial charge is 0.332 e. The Morgan fingerprint density at radius 1 is 1.29 bits per heavy atom. The number of rotatable bonds is 3. The number of hydrogen-bond donors (Lipinski definition) is 2. The fraction of sp³-hybridized carbons (Fsp3) is 0.909. The average Bonchev–Trinajstić information content (AvgIpc) is 2.16. The molecular weight excluding hydrogens is 180 g/mol. The molecule has 0 saturated heterocycles. The Kier molecular flexibility index (Phi) is 3.93. The van der Waals surface area contributed by atoms with Gasteiger partial charge < -0.3 is 10.2 Å². The van der Waals surface area contributed by atoms with E-state index in [4.69, 9.17) is 5.11 Å². The Hall–Kier alpha value is -0.570. The zero-order valence-corrected chi connectivity index (χ0v) is 8.94. The van der Waals surface area contributed by atoms with Gasteiger partial charge in [-0.2, -0.15) is 0 Å². The van der Waals surface area contributed by atoms with E-state index in [1.165, 1.54) is 6.42 Å². The molecule has 0 aromatic rings. The largest absolute Gasteiger partial charge is 0.479 e. The molecular formula is C11H20O3. The van der Waals surface area contributed by atoms with Gasteiger partial charge >= 0.3 is 5.97 Å². The molecule has 0 spiro atoms. The van der Waals surface area contributed by atoms with Crippen LogP contribution in [0.5, 0.6) is 0 Å². The van der Waals surface area contributed by atoms with Crippen LogP contribution in [0.1, 0.15) is 39.5 Å². The highest BCUT2D eigenvalue weighted by molar-refractivity contribution is 5.72. The minimum atomic E-state index is -1.16. The molecule has 82 valence electrons. The van der Waals surface area contributed by atoms with Gasteiger partial charge in [0.25, 0.3) is 0 Å². The van der Waals surface area contributed by atoms with Crippen molar-refractivity contribution < 1.29 is 15.0 Å². The maximum atomic E-state index is 10.6. The van der Waals surface area contributed by atoms with E-state index in [0.29, 0.717) is 11.8 Å². The number of carboxylic acids is 1. The number of carboxylic acid groups (broad SMARTS) is 1. The van der Waals surface area contributed by atoms with Gasteiger partial charge in [0.15, 0.2) is 6.10 Å². The summed E-state index contributed by atoms with van der Waals surface area (Å²) in [6.45, 7) is 4.33. The summed E-state index contributed by atoms with van der Waals surface area (Å²) >= 11 is 0. The molecule has 0 aromatic carbocycles. The minimum Gasteiger partial charge on any atom is -0.479 e. The predicted octanol–water partition coefficient (Wildman–Crippen LogP) is 1.89. The summed E-state index contributed by atoms with van der Waals surface area (Å²) in [5, 5.41) is 18.2. The van der Waals surface area contributed by atoms with E-state index in [9.17, 15) is 9.90 Å². The predicted molar refractivity (Wildman–Crippen MR) is 53.9 cm³/mol. The molecule has 1 aliphatic carbocycles. The lowest BCUT2D eigenvalue weighted by Crippen LogP contribution is -2.34. The summed E-state index contributed by atoms with van der Waals surface area (Å²) in [6, 6.07) is 0. The summed E-state index contributed by atoms with van der Waals surface area (Å²) in [4.78, 5) is 10.6. The summed E-state index contributed by atoms with van der Waals surface area (Å²) in [6.07, 6.45) is 2.80. The first-order valence-corrected chi connectivity index (χ1v) is 5.43. The van der Waals surface area contributed by atoms with Gasteiger partial charge in [0.1, 0.15) is 0 Å². The van der Waals surface area contributed by atoms with Crippen LogP contribution in [-0.2, 0) is 4.79 Å². The Balaban J connectivity index is 2.51. The number of hydrogen-bond acceptors (Lipinski definition) is 2. The Bertz CT molecular complexity index is 201. The van der Waals surface area contributed by atoms with Crippen LogP contribution in [0.4, 0.5) is 0 Å². The highest BCUT2D eigenvalue weighted by Gasteiger charge is 2.32. The number of aliphatic carboxylic acids is 1. The fourth-order valence-electron chi connectivity index (χ4n) is 2.36. The standard InChI is InChI=1S/C11H20O3/c1-7(2)8-4-3-5-9(6-8)10(12)11(13)14/h7-10,12H,3-6H2,1-2H3,(H,13,14). The van der Waals surface area contributed by atoms with Crippen molar-refractivity contribution in [2.45, 2.75) is 45.6 Å². The summed E-state index contributed by atoms with van der Waals surface area (Å²) in [5.41, 5.74) is 0. The zero-order valence-electron chi connectivity index (χ0n) is 8.94. The van der Waals surface area contributed by atoms with Crippen molar-refractivity contribution in [2.24, 2.45) is 17.8 Å². The molecule has 0 aromatic heterocycles. The minimum absolute atomic E-state index is 0.0337. The highest BCUT2D eigenvalue weighted by atomic mass is 16.4. The third-order valence-electron chi connectivity index (χ3n) is 3.40. The number of aliphatic hydroxyl groups excluding tert-OH is 1. The molecule has 0 aliphatic heterocycles. The van der Waals surface area contributed by atoms with Gasteiger partial charge in [-0.1, -0.05) is 26.7 Å². The molecule has 1 fully saturated rings. The second-order valence-electron chi connectivity index (χ2n) is 4.71. The van der Waals surface area contributed by atoms with E-state index >= 15 is 0 Å². The summed E-state index contributed by atoms with van der Waals surface area (Å²) in [5.74, 6) is 0.0783. The molecule has 1 saturated carbocycles. The van der Waals surface area contributed by atoms with Gasteiger partial charge in [-0.3, -0.25) is 0 Å². The van der Waals surface area contributed by atoms with Gasteiger partial charge in [-0.05, 0) is 30.6 Å². The van der Waals surface area contributed by atoms with Crippen molar-refractivity contribution in [1.82, 2.24) is 0 Å². The molecule has 3 nitrogen and oxygen atoms in total. The monoisotopic (exact) mass is 200 g/mol. The third kappa shape index (κ3) is 2.71. The molecule has 3 unspecified atom stereocenters. The van der Waals surface area contributed by atoms with Crippen LogP contribution in [-0.4, -0.2) is 22.3 Å². The zero-order chi connectivity index (χ0) is 10.7. The average molecular weight is 200 g/mol. The van der Waals surface area contributed by atoms with Crippen LogP contribution >= 0.6 is 0 Å². The molecule has 3 heteroatoms. The molecule has 1 aliphatic rings. The Labute approximate surface area is 85.1 Å². The molecule has 2 N–H and O–H groups in total. The van der Waals surface area contributed by atoms with Crippen LogP contribution in [0.15, 0.2) is 0 Å². The second-order valence-corrected chi connectivity index (χ2v) is 4.71. The van der Waals surface area contributed by atoms with Crippen LogP contribution in [0.25, 0.3) is 0 Å². The highest BCUT2D eigenvalue weighted by Crippen LogP contribution is 2.35. The van der Waals surface area contributed by atoms with Crippen molar-refractivity contribution in [3.63, 3.8) is 0 Å². The lowest BCUT2D eigenvalue weighted by molar-refractivity contribution is -0.150. The van der Waals surface area contributed by atoms with Gasteiger partial charge in [0.05, 0.1) is 0 Å². The van der Waals surface area contributed by atoms with Crippen molar-refractivity contribution >= 4 is 5.97 Å². The third-order valence-corrected chi connectivity index (χ3v) is 3.40. The van der Waals surface area contributed by atoms with Gasteiger partial charge in [0.2, 0.25) is 0 Å². The van der Waals surface area contributed by atoms with Crippen molar-refractivity contribution in [1.29, 1.82) is 0 Å². The molecule has 1 rings (SSSR count). The SMILES string of the molecule is CC(C)C1CCCC(C(O)C(=O)O)C1. The van der Waals surface area contributed by atoms with E-state index in [2.05, 4.69) is 13.8 Å². The second kappa shape index (κ2) is 4.78. The lowest BCUT2D eigenvalue weighted by atomic mass is 9.74. The fourth-order valence-corrected chi connectivity index (χ4v) is 2.36. The van der Waals surface area contributed by atoms with E-state index in [1.807, 2.05) is 0 Å². The number of aliphatic hydroxyl groups is 1. The first-order valence-electron chi connectivity index (χ1n) is 5.43. The molecule has 14 heavy (non-hydrogen) atoms. The Morgan fingerprint density at radius 2 is 1.86 bits per heavy atom. The van der Waals surface area contributed by atoms with E-state index in [-0.39, 0.29) is 5.92 Å². The summed E-state index contributed by atoms with van der Waals surface area (Å²) in [7, 11) is 0. The van der Waals surface area contributed by atoms with E-state index < -0.39 is 12.1 Å². The quantitative estimate of drug-likeness (QED) is 0.731. The maximum Gasteiger partial charge on any atom is 0.332 e. The van der Waals surface area contributed by atoms with E-state index in [0.717, 1.165) is 19.3 Å². The van der Waals surface area contributed by atoms with Crippen molar-refractivity contribution in [2.75, 3.05) is 0 Å². The topological polar surface area (TPSA) is 57.5 Å². The molecule has 0 radical (unpaired) electrons. The lowest BCUT2D eigenvalue weighted by Gasteiger charge is -2.32. The van der Waals surface area contributed by atoms with Crippen LogP contribution in [0.3, 0.4) is 0 Å².